The summed E-state index contributed by atoms with van der Waals surface area (Å²) < 4.78 is 91.6. The van der Waals surface area contributed by atoms with Gasteiger partial charge in [-0.3, -0.25) is 0 Å². The molecule has 2 aliphatic heterocycles. The molecule has 3 aromatic carbocycles. The molecule has 0 bridgehead atoms. The average Bonchev–Trinajstić information content (AvgIpc) is 1.50. The number of fused-ring (bicyclic) bond motifs is 10. The van der Waals surface area contributed by atoms with Gasteiger partial charge in [-0.15, -0.1) is 0 Å². The first-order chi connectivity index (χ1) is 53.4. The minimum Gasteiger partial charge on any atom is -0.0654 e. The van der Waals surface area contributed by atoms with Crippen molar-refractivity contribution in [2.75, 3.05) is 0 Å². The van der Waals surface area contributed by atoms with Crippen molar-refractivity contribution in [3.05, 3.63) is 46.0 Å². The summed E-state index contributed by atoms with van der Waals surface area (Å²) in [4.78, 5) is 0. The predicted molar refractivity (Wildman–Crippen MR) is 470 cm³/mol. The van der Waals surface area contributed by atoms with E-state index in [4.69, 9.17) is 34.5 Å². The van der Waals surface area contributed by atoms with Gasteiger partial charge in [0.15, 0.2) is 0 Å². The molecule has 110 heavy (non-hydrogen) atoms. The summed E-state index contributed by atoms with van der Waals surface area (Å²) in [6.45, 7) is 26.2. The summed E-state index contributed by atoms with van der Waals surface area (Å²) in [6.07, 6.45) is 73.6. The van der Waals surface area contributed by atoms with Crippen molar-refractivity contribution >= 4 is 77.2 Å². The van der Waals surface area contributed by atoms with Crippen LogP contribution in [0.5, 0.6) is 0 Å². The third-order valence-electron chi connectivity index (χ3n) is 27.8. The molecule has 5 aromatic rings. The third kappa shape index (κ3) is 24.0. The zero-order valence-electron chi connectivity index (χ0n) is 72.7. The molecule has 0 radical (unpaired) electrons. The minimum atomic E-state index is -0.858. The monoisotopic (exact) mass is 1650 g/mol. The van der Waals surface area contributed by atoms with E-state index in [1.54, 1.807) is 0 Å². The molecule has 0 amide bonds. The fourth-order valence-corrected chi connectivity index (χ4v) is 22.0. The van der Waals surface area contributed by atoms with Gasteiger partial charge < -0.3 is 0 Å². The molecule has 0 atom stereocenters. The van der Waals surface area contributed by atoms with E-state index < -0.39 is 77.4 Å². The van der Waals surface area contributed by atoms with Crippen molar-refractivity contribution in [3.8, 4) is 22.3 Å². The molecule has 14 heteroatoms. The van der Waals surface area contributed by atoms with Crippen LogP contribution in [0.3, 0.4) is 0 Å². The molecule has 4 heterocycles. The van der Waals surface area contributed by atoms with Crippen LogP contribution in [-0.4, -0.2) is 82.5 Å². The Morgan fingerprint density at radius 1 is 0.264 bits per heavy atom. The van der Waals surface area contributed by atoms with Crippen LogP contribution < -0.4 is 10.9 Å². The zero-order valence-corrected chi connectivity index (χ0v) is 76.2. The average molecular weight is 1650 g/mol. The summed E-state index contributed by atoms with van der Waals surface area (Å²) in [5, 5.41) is 0. The Kier molecular flexibility index (Phi) is 39.0. The second-order valence-electron chi connectivity index (χ2n) is 37.6. The van der Waals surface area contributed by atoms with Crippen molar-refractivity contribution in [1.82, 2.24) is 15.9 Å². The molecule has 9 rings (SSSR count). The minimum absolute atomic E-state index is 0.236. The summed E-state index contributed by atoms with van der Waals surface area (Å²) in [5.41, 5.74) is 6.17. The molecule has 2 saturated heterocycles. The Morgan fingerprint density at radius 2 is 0.445 bits per heavy atom. The first-order valence-electron chi connectivity index (χ1n) is 47.2. The molecule has 0 N–H and O–H groups in total. The molecule has 4 aliphatic rings. The Hall–Kier alpha value is -2.27. The van der Waals surface area contributed by atoms with Crippen molar-refractivity contribution in [2.45, 2.75) is 502 Å². The number of rotatable bonds is 62. The number of halogens is 2. The van der Waals surface area contributed by atoms with Gasteiger partial charge in [-0.2, -0.15) is 0 Å². The number of nitrogens with zero attached hydrogens (tertiary/aromatic N) is 4. The summed E-state index contributed by atoms with van der Waals surface area (Å²) >= 11 is -0.982. The number of hydrogen-bond donors (Lipinski definition) is 0. The van der Waals surface area contributed by atoms with Gasteiger partial charge >= 0.3 is 457 Å². The summed E-state index contributed by atoms with van der Waals surface area (Å²) in [6, 6.07) is 4.62. The number of unbranched alkanes of at least 4 members (excludes halogenated alkanes) is 52. The molecule has 2 fully saturated rings. The Labute approximate surface area is 685 Å². The molecule has 618 valence electrons. The van der Waals surface area contributed by atoms with Crippen LogP contribution in [0.15, 0.2) is 12.1 Å². The molecular weight excluding hydrogens is 1490 g/mol. The van der Waals surface area contributed by atoms with Crippen molar-refractivity contribution in [2.24, 2.45) is 0 Å². The maximum absolute atomic E-state index is 21.0. The van der Waals surface area contributed by atoms with E-state index in [0.717, 1.165) is 158 Å². The fourth-order valence-electron chi connectivity index (χ4n) is 19.6. The molecule has 0 saturated carbocycles. The van der Waals surface area contributed by atoms with Gasteiger partial charge in [-0.05, 0) is 0 Å². The number of benzene rings is 3. The number of aromatic nitrogens is 4. The molecule has 0 spiro atoms. The first-order valence-corrected chi connectivity index (χ1v) is 50.3. The molecule has 0 unspecified atom stereocenters. The van der Waals surface area contributed by atoms with Crippen LogP contribution in [0, 0.1) is 11.6 Å². The quantitative estimate of drug-likeness (QED) is 0.0281. The van der Waals surface area contributed by atoms with Crippen molar-refractivity contribution in [3.63, 3.8) is 0 Å². The Balaban J connectivity index is 1.13. The van der Waals surface area contributed by atoms with E-state index in [0.29, 0.717) is 22.3 Å². The van der Waals surface area contributed by atoms with Crippen LogP contribution >= 0.6 is 0 Å². The number of hydrogen-bond acceptors (Lipinski definition) is 8. The summed E-state index contributed by atoms with van der Waals surface area (Å²) in [5.74, 6) is -0.472. The SMILES string of the molecule is CCCCCCCCCCCCCCCCC1(CCCCCCCCCCCCCCCC)c2cc(B3OC(C)(C)C(C)(C)O3)c3n[se]nc3c2-c2c(F)c3c(c(F)c21)-c1c(cc(B2OC(C)(C)C(C)(C)O2)c2n[se]nc12)C3(CCCCCCCCCCCCCCCC)CCCCCCCCCCCCCCCC. The zero-order chi connectivity index (χ0) is 78.3. The van der Waals surface area contributed by atoms with Gasteiger partial charge in [0.05, 0.1) is 0 Å². The van der Waals surface area contributed by atoms with E-state index in [1.807, 2.05) is 0 Å². The predicted octanol–water partition coefficient (Wildman–Crippen LogP) is 28.6. The normalized spacial score (nSPS) is 16.9. The van der Waals surface area contributed by atoms with Crippen LogP contribution in [-0.2, 0) is 29.4 Å². The maximum atomic E-state index is 21.0. The first kappa shape index (κ1) is 91.6. The summed E-state index contributed by atoms with van der Waals surface area (Å²) in [7, 11) is -1.42. The van der Waals surface area contributed by atoms with Gasteiger partial charge in [-0.25, -0.2) is 0 Å². The van der Waals surface area contributed by atoms with Crippen LogP contribution in [0.4, 0.5) is 8.78 Å². The fraction of sp³-hybridized carbons (Fsp3) is 0.812. The van der Waals surface area contributed by atoms with Gasteiger partial charge in [0.25, 0.3) is 0 Å². The van der Waals surface area contributed by atoms with Gasteiger partial charge in [-0.1, -0.05) is 233 Å². The van der Waals surface area contributed by atoms with E-state index in [1.165, 1.54) is 283 Å². The second-order valence-corrected chi connectivity index (χ2v) is 39.8. The molecule has 2 aromatic heterocycles. The van der Waals surface area contributed by atoms with Crippen molar-refractivity contribution < 1.29 is 27.4 Å². The van der Waals surface area contributed by atoms with Crippen molar-refractivity contribution in [1.29, 1.82) is 0 Å². The standard InChI is InChI=1S/C96H158B2F2N4O4Se2/c1-13-17-21-25-29-33-37-41-45-49-53-57-61-65-69-95(70-66-62-58-54-50-46-42-38-34-30-26-22-18-14-2)75-73-77(97-105-91(5,6)92(7,8)106-97)87-89(103-109-101-87)79(75)81-83(95)85(99)82-80-76(74-78(88-90(80)104-110-102-88)98-107-93(9,10)94(11,12)108-98)96(84(82)86(81)100,71-67-63-59-55-51-47-43-39-35-31-27-23-19-15-3)72-68-64-60-56-52-48-44-40-36-32-28-24-20-16-4/h73-74H,13-72H2,1-12H3. The van der Waals surface area contributed by atoms with Crippen LogP contribution in [0.1, 0.15) is 491 Å². The third-order valence-corrected chi connectivity index (χ3v) is 30.1. The Morgan fingerprint density at radius 3 is 0.645 bits per heavy atom. The Bertz CT molecular complexity index is 3150. The van der Waals surface area contributed by atoms with E-state index in [9.17, 15) is 0 Å². The molecule has 8 nitrogen and oxygen atoms in total. The smallest absolute Gasteiger partial charge is 0.0654 e. The molecule has 2 aliphatic carbocycles. The van der Waals surface area contributed by atoms with E-state index in [2.05, 4.69) is 95.2 Å². The van der Waals surface area contributed by atoms with Gasteiger partial charge in [0.2, 0.25) is 0 Å². The second kappa shape index (κ2) is 46.8. The van der Waals surface area contributed by atoms with Gasteiger partial charge in [0, 0.05) is 0 Å². The van der Waals surface area contributed by atoms with Gasteiger partial charge in [0.1, 0.15) is 0 Å². The van der Waals surface area contributed by atoms with E-state index >= 15 is 8.78 Å². The topological polar surface area (TPSA) is 88.5 Å². The van der Waals surface area contributed by atoms with E-state index in [-0.39, 0.29) is 11.6 Å². The van der Waals surface area contributed by atoms with Crippen LogP contribution in [0.25, 0.3) is 44.3 Å². The molecular formula is C96H158B2F2N4O4Se2. The van der Waals surface area contributed by atoms with Crippen LogP contribution in [0.2, 0.25) is 0 Å².